The number of sulfone groups is 1. The second kappa shape index (κ2) is 6.54. The largest absolute Gasteiger partial charge is 0.348 e. The Balaban J connectivity index is 1.97. The lowest BCUT2D eigenvalue weighted by molar-refractivity contribution is 0.0951. The summed E-state index contributed by atoms with van der Waals surface area (Å²) in [6.45, 7) is 0.463. The minimum Gasteiger partial charge on any atom is -0.348 e. The maximum absolute atomic E-state index is 12.0. The summed E-state index contributed by atoms with van der Waals surface area (Å²) in [4.78, 5) is 12.0. The van der Waals surface area contributed by atoms with Gasteiger partial charge in [0.2, 0.25) is 0 Å². The first kappa shape index (κ1) is 15.3. The van der Waals surface area contributed by atoms with E-state index in [0.29, 0.717) is 17.7 Å². The third-order valence-electron chi connectivity index (χ3n) is 2.94. The van der Waals surface area contributed by atoms with Crippen LogP contribution in [0.15, 0.2) is 54.6 Å². The Kier molecular flexibility index (Phi) is 4.75. The van der Waals surface area contributed by atoms with Gasteiger partial charge in [-0.15, -0.1) is 0 Å². The van der Waals surface area contributed by atoms with Gasteiger partial charge >= 0.3 is 0 Å². The summed E-state index contributed by atoms with van der Waals surface area (Å²) in [6, 6.07) is 16.2. The van der Waals surface area contributed by atoms with Crippen LogP contribution in [0.5, 0.6) is 0 Å². The molecule has 2 aromatic carbocycles. The van der Waals surface area contributed by atoms with Crippen LogP contribution in [0.25, 0.3) is 0 Å². The summed E-state index contributed by atoms with van der Waals surface area (Å²) in [5.74, 6) is -0.191. The van der Waals surface area contributed by atoms with Crippen molar-refractivity contribution in [3.05, 3.63) is 71.3 Å². The molecule has 2 aromatic rings. The molecule has 5 heteroatoms. The van der Waals surface area contributed by atoms with Crippen molar-refractivity contribution in [1.82, 2.24) is 5.32 Å². The maximum Gasteiger partial charge on any atom is 0.251 e. The van der Waals surface area contributed by atoms with Crippen molar-refractivity contribution in [1.29, 1.82) is 0 Å². The van der Waals surface area contributed by atoms with Crippen LogP contribution in [-0.2, 0) is 22.1 Å². The molecule has 2 rings (SSSR count). The molecule has 1 amide bonds. The van der Waals surface area contributed by atoms with Gasteiger partial charge in [0.15, 0.2) is 9.84 Å². The number of hydrogen-bond acceptors (Lipinski definition) is 3. The zero-order valence-electron chi connectivity index (χ0n) is 11.7. The molecule has 0 saturated heterocycles. The minimum atomic E-state index is -3.06. The predicted molar refractivity (Wildman–Crippen MR) is 82.6 cm³/mol. The van der Waals surface area contributed by atoms with E-state index in [9.17, 15) is 13.2 Å². The van der Waals surface area contributed by atoms with E-state index >= 15 is 0 Å². The molecule has 110 valence electrons. The van der Waals surface area contributed by atoms with E-state index < -0.39 is 9.84 Å². The fraction of sp³-hybridized carbons (Fsp3) is 0.188. The Morgan fingerprint density at radius 2 is 1.57 bits per heavy atom. The second-order valence-corrected chi connectivity index (χ2v) is 7.08. The van der Waals surface area contributed by atoms with Crippen molar-refractivity contribution in [2.45, 2.75) is 12.3 Å². The molecule has 0 heterocycles. The molecule has 0 unspecified atom stereocenters. The van der Waals surface area contributed by atoms with Gasteiger partial charge in [-0.2, -0.15) is 0 Å². The van der Waals surface area contributed by atoms with Crippen LogP contribution < -0.4 is 5.32 Å². The third-order valence-corrected chi connectivity index (χ3v) is 3.80. The van der Waals surface area contributed by atoms with Gasteiger partial charge in [0, 0.05) is 18.4 Å². The van der Waals surface area contributed by atoms with E-state index in [1.54, 1.807) is 24.3 Å². The van der Waals surface area contributed by atoms with E-state index in [4.69, 9.17) is 0 Å². The molecule has 0 aliphatic rings. The van der Waals surface area contributed by atoms with Crippen LogP contribution in [-0.4, -0.2) is 20.6 Å². The molecule has 0 spiro atoms. The number of nitrogens with one attached hydrogen (secondary N) is 1. The van der Waals surface area contributed by atoms with Gasteiger partial charge in [0.25, 0.3) is 5.91 Å². The minimum absolute atomic E-state index is 0.0150. The zero-order valence-corrected chi connectivity index (χ0v) is 12.6. The van der Waals surface area contributed by atoms with Crippen LogP contribution >= 0.6 is 0 Å². The second-order valence-electron chi connectivity index (χ2n) is 4.94. The summed E-state index contributed by atoms with van der Waals surface area (Å²) < 4.78 is 22.4. The molecule has 0 aliphatic carbocycles. The number of benzene rings is 2. The fourth-order valence-electron chi connectivity index (χ4n) is 1.94. The summed E-state index contributed by atoms with van der Waals surface area (Å²) in [5.41, 5.74) is 2.22. The molecular formula is C16H17NO3S. The highest BCUT2D eigenvalue weighted by Crippen LogP contribution is 2.08. The molecule has 0 fully saturated rings. The lowest BCUT2D eigenvalue weighted by Crippen LogP contribution is -2.22. The van der Waals surface area contributed by atoms with Crippen molar-refractivity contribution in [3.8, 4) is 0 Å². The first-order chi connectivity index (χ1) is 9.94. The number of hydrogen-bond donors (Lipinski definition) is 1. The van der Waals surface area contributed by atoms with Crippen molar-refractivity contribution in [2.75, 3.05) is 6.26 Å². The summed E-state index contributed by atoms with van der Waals surface area (Å²) in [6.07, 6.45) is 1.19. The average molecular weight is 303 g/mol. The lowest BCUT2D eigenvalue weighted by Gasteiger charge is -2.06. The topological polar surface area (TPSA) is 63.2 Å². The average Bonchev–Trinajstić information content (AvgIpc) is 2.45. The molecule has 0 bridgehead atoms. The van der Waals surface area contributed by atoms with Crippen LogP contribution in [0.3, 0.4) is 0 Å². The maximum atomic E-state index is 12.0. The third kappa shape index (κ3) is 5.04. The molecule has 4 nitrogen and oxygen atoms in total. The van der Waals surface area contributed by atoms with E-state index in [1.165, 1.54) is 6.26 Å². The number of rotatable bonds is 5. The van der Waals surface area contributed by atoms with E-state index in [1.807, 2.05) is 30.3 Å². The van der Waals surface area contributed by atoms with Gasteiger partial charge in [-0.05, 0) is 23.3 Å². The number of carbonyl (C=O) groups is 1. The Morgan fingerprint density at radius 3 is 2.14 bits per heavy atom. The molecule has 0 saturated carbocycles. The predicted octanol–water partition coefficient (Wildman–Crippen LogP) is 2.16. The molecule has 21 heavy (non-hydrogen) atoms. The highest BCUT2D eigenvalue weighted by molar-refractivity contribution is 7.89. The van der Waals surface area contributed by atoms with E-state index in [-0.39, 0.29) is 11.7 Å². The molecular weight excluding hydrogens is 286 g/mol. The summed E-state index contributed by atoms with van der Waals surface area (Å²) in [7, 11) is -3.06. The summed E-state index contributed by atoms with van der Waals surface area (Å²) >= 11 is 0. The molecule has 0 radical (unpaired) electrons. The van der Waals surface area contributed by atoms with Gasteiger partial charge in [-0.25, -0.2) is 8.42 Å². The molecule has 0 atom stereocenters. The monoisotopic (exact) mass is 303 g/mol. The van der Waals surface area contributed by atoms with Crippen LogP contribution in [0.4, 0.5) is 0 Å². The quantitative estimate of drug-likeness (QED) is 0.920. The van der Waals surface area contributed by atoms with E-state index in [0.717, 1.165) is 5.56 Å². The van der Waals surface area contributed by atoms with Crippen LogP contribution in [0.2, 0.25) is 0 Å². The highest BCUT2D eigenvalue weighted by Gasteiger charge is 2.07. The van der Waals surface area contributed by atoms with Crippen molar-refractivity contribution in [2.24, 2.45) is 0 Å². The first-order valence-electron chi connectivity index (χ1n) is 6.53. The van der Waals surface area contributed by atoms with Gasteiger partial charge < -0.3 is 5.32 Å². The van der Waals surface area contributed by atoms with E-state index in [2.05, 4.69) is 5.32 Å². The lowest BCUT2D eigenvalue weighted by atomic mass is 10.1. The smallest absolute Gasteiger partial charge is 0.251 e. The Bertz CT molecular complexity index is 707. The SMILES string of the molecule is CS(=O)(=O)Cc1ccc(C(=O)NCc2ccccc2)cc1. The normalized spacial score (nSPS) is 11.1. The van der Waals surface area contributed by atoms with Gasteiger partial charge in [0.05, 0.1) is 5.75 Å². The first-order valence-corrected chi connectivity index (χ1v) is 8.59. The van der Waals surface area contributed by atoms with Crippen LogP contribution in [0.1, 0.15) is 21.5 Å². The standard InChI is InChI=1S/C16H17NO3S/c1-21(19,20)12-14-7-9-15(10-8-14)16(18)17-11-13-5-3-2-4-6-13/h2-10H,11-12H2,1H3,(H,17,18). The van der Waals surface area contributed by atoms with Gasteiger partial charge in [-0.1, -0.05) is 42.5 Å². The van der Waals surface area contributed by atoms with Crippen molar-refractivity contribution in [3.63, 3.8) is 0 Å². The Labute approximate surface area is 124 Å². The number of amides is 1. The Morgan fingerprint density at radius 1 is 0.952 bits per heavy atom. The van der Waals surface area contributed by atoms with Gasteiger partial charge in [0.1, 0.15) is 0 Å². The Hall–Kier alpha value is -2.14. The molecule has 1 N–H and O–H groups in total. The summed E-state index contributed by atoms with van der Waals surface area (Å²) in [5, 5.41) is 2.83. The van der Waals surface area contributed by atoms with Gasteiger partial charge in [-0.3, -0.25) is 4.79 Å². The van der Waals surface area contributed by atoms with Crippen molar-refractivity contribution >= 4 is 15.7 Å². The molecule has 0 aliphatic heterocycles. The zero-order chi connectivity index (χ0) is 15.3. The van der Waals surface area contributed by atoms with Crippen LogP contribution in [0, 0.1) is 0 Å². The van der Waals surface area contributed by atoms with Crippen molar-refractivity contribution < 1.29 is 13.2 Å². The molecule has 0 aromatic heterocycles. The highest BCUT2D eigenvalue weighted by atomic mass is 32.2. The fourth-order valence-corrected chi connectivity index (χ4v) is 2.73. The number of carbonyl (C=O) groups excluding carboxylic acids is 1.